The van der Waals surface area contributed by atoms with E-state index in [9.17, 15) is 22.8 Å². The summed E-state index contributed by atoms with van der Waals surface area (Å²) in [6.45, 7) is 1.38. The zero-order chi connectivity index (χ0) is 24.3. The van der Waals surface area contributed by atoms with Crippen LogP contribution in [0.3, 0.4) is 0 Å². The number of aromatic nitrogens is 2. The highest BCUT2D eigenvalue weighted by Gasteiger charge is 2.46. The van der Waals surface area contributed by atoms with E-state index in [0.29, 0.717) is 25.2 Å². The van der Waals surface area contributed by atoms with Crippen molar-refractivity contribution in [3.8, 4) is 11.4 Å². The molecule has 0 bridgehead atoms. The molecule has 180 valence electrons. The molecule has 0 unspecified atom stereocenters. The molecule has 2 aromatic carbocycles. The molecule has 1 saturated carbocycles. The molecule has 7 nitrogen and oxygen atoms in total. The Morgan fingerprint density at radius 2 is 1.83 bits per heavy atom. The average Bonchev–Trinajstić information content (AvgIpc) is 3.26. The first-order valence-corrected chi connectivity index (χ1v) is 11.5. The third-order valence-electron chi connectivity index (χ3n) is 7.02. The molecule has 3 aromatic rings. The van der Waals surface area contributed by atoms with Crippen molar-refractivity contribution in [1.82, 2.24) is 19.9 Å². The van der Waals surface area contributed by atoms with E-state index < -0.39 is 12.1 Å². The minimum absolute atomic E-state index is 0.0248. The Morgan fingerprint density at radius 3 is 2.51 bits per heavy atom. The van der Waals surface area contributed by atoms with E-state index in [-0.39, 0.29) is 41.1 Å². The van der Waals surface area contributed by atoms with Crippen molar-refractivity contribution in [2.75, 3.05) is 13.1 Å². The van der Waals surface area contributed by atoms with Gasteiger partial charge in [0, 0.05) is 42.6 Å². The van der Waals surface area contributed by atoms with Gasteiger partial charge in [-0.15, -0.1) is 0 Å². The number of fused-ring (bicyclic) bond motifs is 1. The van der Waals surface area contributed by atoms with Crippen molar-refractivity contribution in [1.29, 1.82) is 0 Å². The lowest BCUT2D eigenvalue weighted by Crippen LogP contribution is -2.41. The Labute approximate surface area is 198 Å². The van der Waals surface area contributed by atoms with Gasteiger partial charge in [-0.05, 0) is 30.0 Å². The number of halogens is 3. The minimum atomic E-state index is -4.74. The monoisotopic (exact) mass is 482 g/mol. The molecular formula is C25H21F3N4O3. The van der Waals surface area contributed by atoms with E-state index in [1.54, 1.807) is 17.0 Å². The van der Waals surface area contributed by atoms with Crippen LogP contribution in [0, 0.1) is 5.92 Å². The lowest BCUT2D eigenvalue weighted by Gasteiger charge is -2.28. The van der Waals surface area contributed by atoms with Gasteiger partial charge in [-0.25, -0.2) is 0 Å². The van der Waals surface area contributed by atoms with Gasteiger partial charge >= 0.3 is 12.1 Å². The minimum Gasteiger partial charge on any atom is -0.340 e. The summed E-state index contributed by atoms with van der Waals surface area (Å²) in [4.78, 5) is 33.4. The highest BCUT2D eigenvalue weighted by Crippen LogP contribution is 2.40. The normalized spacial score (nSPS) is 22.1. The van der Waals surface area contributed by atoms with Crippen molar-refractivity contribution in [3.63, 3.8) is 0 Å². The Kier molecular flexibility index (Phi) is 4.94. The van der Waals surface area contributed by atoms with Crippen LogP contribution >= 0.6 is 0 Å². The van der Waals surface area contributed by atoms with Crippen molar-refractivity contribution in [2.45, 2.75) is 37.5 Å². The maximum Gasteiger partial charge on any atom is 0.471 e. The second-order valence-corrected chi connectivity index (χ2v) is 9.33. The van der Waals surface area contributed by atoms with E-state index in [4.69, 9.17) is 0 Å². The molecule has 10 heteroatoms. The number of carbonyl (C=O) groups excluding carboxylic acids is 2. The van der Waals surface area contributed by atoms with Gasteiger partial charge in [0.2, 0.25) is 11.7 Å². The van der Waals surface area contributed by atoms with Crippen LogP contribution in [0.15, 0.2) is 53.1 Å². The molecule has 1 saturated heterocycles. The molecule has 6 rings (SSSR count). The third-order valence-corrected chi connectivity index (χ3v) is 7.02. The zero-order valence-electron chi connectivity index (χ0n) is 18.5. The fraction of sp³-hybridized carbons (Fsp3) is 0.360. The Hall–Kier alpha value is -3.69. The molecule has 2 atom stereocenters. The fourth-order valence-corrected chi connectivity index (χ4v) is 5.08. The Morgan fingerprint density at radius 1 is 1.06 bits per heavy atom. The van der Waals surface area contributed by atoms with Crippen molar-refractivity contribution >= 4 is 11.8 Å². The lowest BCUT2D eigenvalue weighted by molar-refractivity contribution is -0.159. The number of alkyl halides is 3. The molecule has 3 heterocycles. The van der Waals surface area contributed by atoms with E-state index in [1.807, 2.05) is 35.2 Å². The summed E-state index contributed by atoms with van der Waals surface area (Å²) in [5, 5.41) is 3.43. The fourth-order valence-electron chi connectivity index (χ4n) is 5.08. The van der Waals surface area contributed by atoms with E-state index in [2.05, 4.69) is 14.7 Å². The average molecular weight is 482 g/mol. The predicted octanol–water partition coefficient (Wildman–Crippen LogP) is 4.12. The summed E-state index contributed by atoms with van der Waals surface area (Å²) in [5.74, 6) is -1.65. The van der Waals surface area contributed by atoms with Gasteiger partial charge in [-0.2, -0.15) is 18.2 Å². The van der Waals surface area contributed by atoms with Gasteiger partial charge in [0.1, 0.15) is 0 Å². The number of likely N-dealkylation sites (tertiary alicyclic amines) is 1. The number of rotatable bonds is 4. The number of benzene rings is 2. The number of carbonyl (C=O) groups is 2. The SMILES string of the molecule is O=C(C1CC1)N1C[C@H](c2ccccc2)[C@@H](N2Cc3ccc(-c4noc(C(F)(F)F)n4)cc3C2=O)C1. The van der Waals surface area contributed by atoms with E-state index in [0.717, 1.165) is 24.0 Å². The first kappa shape index (κ1) is 21.8. The standard InChI is InChI=1S/C25H21F3N4O3/c26-25(27,28)24-29-21(30-35-24)16-8-9-17-11-32(23(34)18(17)10-16)20-13-31(22(33)15-6-7-15)12-19(20)14-4-2-1-3-5-14/h1-5,8-10,15,19-20H,6-7,11-13H2/t19-,20+/m1/s1. The van der Waals surface area contributed by atoms with E-state index >= 15 is 0 Å². The molecule has 0 radical (unpaired) electrons. The van der Waals surface area contributed by atoms with E-state index in [1.165, 1.54) is 6.07 Å². The summed E-state index contributed by atoms with van der Waals surface area (Å²) in [7, 11) is 0. The number of amides is 2. The molecule has 1 aromatic heterocycles. The third kappa shape index (κ3) is 3.86. The van der Waals surface area contributed by atoms with Crippen LogP contribution in [0.4, 0.5) is 13.2 Å². The maximum absolute atomic E-state index is 13.5. The van der Waals surface area contributed by atoms with Crippen LogP contribution in [-0.4, -0.2) is 50.9 Å². The quantitative estimate of drug-likeness (QED) is 0.559. The van der Waals surface area contributed by atoms with Crippen LogP contribution in [0.2, 0.25) is 0 Å². The second-order valence-electron chi connectivity index (χ2n) is 9.33. The van der Waals surface area contributed by atoms with Crippen LogP contribution in [0.25, 0.3) is 11.4 Å². The van der Waals surface area contributed by atoms with Crippen LogP contribution in [0.5, 0.6) is 0 Å². The number of nitrogens with zero attached hydrogens (tertiary/aromatic N) is 4. The van der Waals surface area contributed by atoms with Crippen molar-refractivity contribution < 1.29 is 27.3 Å². The highest BCUT2D eigenvalue weighted by molar-refractivity contribution is 5.99. The summed E-state index contributed by atoms with van der Waals surface area (Å²) in [6.07, 6.45) is -2.91. The largest absolute Gasteiger partial charge is 0.471 e. The smallest absolute Gasteiger partial charge is 0.340 e. The summed E-state index contributed by atoms with van der Waals surface area (Å²) in [6, 6.07) is 14.5. The molecule has 2 aliphatic heterocycles. The molecule has 0 spiro atoms. The van der Waals surface area contributed by atoms with Gasteiger partial charge in [0.15, 0.2) is 0 Å². The maximum atomic E-state index is 13.5. The molecule has 0 N–H and O–H groups in total. The zero-order valence-corrected chi connectivity index (χ0v) is 18.5. The Bertz CT molecular complexity index is 1300. The predicted molar refractivity (Wildman–Crippen MR) is 117 cm³/mol. The topological polar surface area (TPSA) is 79.5 Å². The molecule has 35 heavy (non-hydrogen) atoms. The van der Waals surface area contributed by atoms with Gasteiger partial charge in [-0.3, -0.25) is 9.59 Å². The van der Waals surface area contributed by atoms with Crippen LogP contribution in [0.1, 0.15) is 46.1 Å². The van der Waals surface area contributed by atoms with Gasteiger partial charge in [-0.1, -0.05) is 47.6 Å². The second kappa shape index (κ2) is 7.93. The Balaban J connectivity index is 1.29. The van der Waals surface area contributed by atoms with Gasteiger partial charge < -0.3 is 14.3 Å². The van der Waals surface area contributed by atoms with Gasteiger partial charge in [0.25, 0.3) is 5.91 Å². The molecule has 2 fully saturated rings. The molecular weight excluding hydrogens is 461 g/mol. The lowest BCUT2D eigenvalue weighted by atomic mass is 9.93. The first-order chi connectivity index (χ1) is 16.8. The number of hydrogen-bond donors (Lipinski definition) is 0. The van der Waals surface area contributed by atoms with Crippen molar-refractivity contribution in [2.24, 2.45) is 5.92 Å². The van der Waals surface area contributed by atoms with Gasteiger partial charge in [0.05, 0.1) is 6.04 Å². The molecule has 1 aliphatic carbocycles. The molecule has 3 aliphatic rings. The summed E-state index contributed by atoms with van der Waals surface area (Å²) < 4.78 is 42.9. The molecule has 2 amide bonds. The number of hydrogen-bond acceptors (Lipinski definition) is 5. The highest BCUT2D eigenvalue weighted by atomic mass is 19.4. The van der Waals surface area contributed by atoms with Crippen LogP contribution < -0.4 is 0 Å². The van der Waals surface area contributed by atoms with Crippen molar-refractivity contribution in [3.05, 3.63) is 71.1 Å². The first-order valence-electron chi connectivity index (χ1n) is 11.5. The summed E-state index contributed by atoms with van der Waals surface area (Å²) in [5.41, 5.74) is 2.52. The van der Waals surface area contributed by atoms with Crippen LogP contribution in [-0.2, 0) is 17.5 Å². The summed E-state index contributed by atoms with van der Waals surface area (Å²) >= 11 is 0.